The van der Waals surface area contributed by atoms with E-state index in [1.165, 1.54) is 11.9 Å². The lowest BCUT2D eigenvalue weighted by molar-refractivity contribution is -0.139. The van der Waals surface area contributed by atoms with Crippen molar-refractivity contribution in [2.24, 2.45) is 5.92 Å². The number of carbonyl (C=O) groups is 4. The first-order valence-corrected chi connectivity index (χ1v) is 7.72. The molecule has 9 nitrogen and oxygen atoms in total. The van der Waals surface area contributed by atoms with E-state index in [-0.39, 0.29) is 18.4 Å². The van der Waals surface area contributed by atoms with Gasteiger partial charge in [-0.3, -0.25) is 14.4 Å². The van der Waals surface area contributed by atoms with Crippen LogP contribution in [0.2, 0.25) is 0 Å². The van der Waals surface area contributed by atoms with Crippen molar-refractivity contribution in [2.75, 3.05) is 20.1 Å². The Bertz CT molecular complexity index is 522. The molecule has 3 atom stereocenters. The molecule has 1 fully saturated rings. The minimum Gasteiger partial charge on any atom is -0.465 e. The standard InChI is InChI=1S/C15H24N4O5/c1-4-9(2)12(14(22)16-3)18-13(21)10-6-5-7-19(10)11(20)8-17-15(23)24/h4,9-10,12,17H,1,5-8H2,2-3H3,(H,16,22)(H,18,21)(H,23,24)/t9-,10-,12?/m0/s1. The van der Waals surface area contributed by atoms with Crippen LogP contribution in [0.3, 0.4) is 0 Å². The maximum absolute atomic E-state index is 12.5. The van der Waals surface area contributed by atoms with Crippen molar-refractivity contribution in [2.45, 2.75) is 31.8 Å². The molecule has 0 spiro atoms. The summed E-state index contributed by atoms with van der Waals surface area (Å²) in [6.07, 6.45) is 1.36. The molecule has 1 aliphatic heterocycles. The van der Waals surface area contributed by atoms with Gasteiger partial charge in [0, 0.05) is 19.5 Å². The summed E-state index contributed by atoms with van der Waals surface area (Å²) in [5.41, 5.74) is 0. The number of nitrogens with zero attached hydrogens (tertiary/aromatic N) is 1. The summed E-state index contributed by atoms with van der Waals surface area (Å²) in [5.74, 6) is -1.53. The Hall–Kier alpha value is -2.58. The van der Waals surface area contributed by atoms with E-state index in [1.807, 2.05) is 5.32 Å². The SMILES string of the molecule is C=C[C@H](C)C(NC(=O)[C@@H]1CCCN1C(=O)CNC(=O)O)C(=O)NC. The normalized spacial score (nSPS) is 19.1. The molecule has 0 radical (unpaired) electrons. The zero-order chi connectivity index (χ0) is 18.3. The maximum atomic E-state index is 12.5. The third-order valence-electron chi connectivity index (χ3n) is 3.99. The fourth-order valence-corrected chi connectivity index (χ4v) is 2.57. The zero-order valence-corrected chi connectivity index (χ0v) is 13.9. The molecular formula is C15H24N4O5. The van der Waals surface area contributed by atoms with Crippen LogP contribution >= 0.6 is 0 Å². The van der Waals surface area contributed by atoms with E-state index in [1.54, 1.807) is 13.0 Å². The van der Waals surface area contributed by atoms with Crippen LogP contribution in [0.15, 0.2) is 12.7 Å². The number of hydrogen-bond acceptors (Lipinski definition) is 4. The van der Waals surface area contributed by atoms with Crippen LogP contribution in [0.5, 0.6) is 0 Å². The molecule has 1 unspecified atom stereocenters. The van der Waals surface area contributed by atoms with Gasteiger partial charge in [-0.05, 0) is 12.8 Å². The molecule has 0 aliphatic carbocycles. The summed E-state index contributed by atoms with van der Waals surface area (Å²) >= 11 is 0. The minimum absolute atomic E-state index is 0.284. The van der Waals surface area contributed by atoms with Crippen molar-refractivity contribution in [3.05, 3.63) is 12.7 Å². The Morgan fingerprint density at radius 2 is 2.04 bits per heavy atom. The first kappa shape index (κ1) is 19.5. The molecule has 134 valence electrons. The Labute approximate surface area is 140 Å². The van der Waals surface area contributed by atoms with Gasteiger partial charge in [-0.25, -0.2) is 4.79 Å². The van der Waals surface area contributed by atoms with E-state index >= 15 is 0 Å². The third kappa shape index (κ3) is 4.97. The predicted octanol–water partition coefficient (Wildman–Crippen LogP) is -0.702. The molecule has 4 amide bonds. The molecule has 1 saturated heterocycles. The number of likely N-dealkylation sites (tertiary alicyclic amines) is 1. The van der Waals surface area contributed by atoms with Crippen LogP contribution in [-0.2, 0) is 14.4 Å². The van der Waals surface area contributed by atoms with Gasteiger partial charge in [0.1, 0.15) is 18.6 Å². The molecule has 1 rings (SSSR count). The Morgan fingerprint density at radius 3 is 2.58 bits per heavy atom. The van der Waals surface area contributed by atoms with Crippen LogP contribution in [0, 0.1) is 5.92 Å². The Morgan fingerprint density at radius 1 is 1.38 bits per heavy atom. The summed E-state index contributed by atoms with van der Waals surface area (Å²) in [7, 11) is 1.47. The summed E-state index contributed by atoms with van der Waals surface area (Å²) in [6.45, 7) is 5.37. The van der Waals surface area contributed by atoms with Crippen molar-refractivity contribution >= 4 is 23.8 Å². The highest BCUT2D eigenvalue weighted by Crippen LogP contribution is 2.18. The van der Waals surface area contributed by atoms with Crippen molar-refractivity contribution in [1.29, 1.82) is 0 Å². The molecule has 9 heteroatoms. The highest BCUT2D eigenvalue weighted by Gasteiger charge is 2.36. The van der Waals surface area contributed by atoms with Gasteiger partial charge in [-0.2, -0.15) is 0 Å². The van der Waals surface area contributed by atoms with Gasteiger partial charge in [0.25, 0.3) is 0 Å². The number of likely N-dealkylation sites (N-methyl/N-ethyl adjacent to an activating group) is 1. The number of amides is 4. The van der Waals surface area contributed by atoms with Gasteiger partial charge in [-0.15, -0.1) is 6.58 Å². The molecule has 1 heterocycles. The molecule has 4 N–H and O–H groups in total. The molecule has 0 aromatic carbocycles. The average molecular weight is 340 g/mol. The Balaban J connectivity index is 2.76. The van der Waals surface area contributed by atoms with Crippen LogP contribution < -0.4 is 16.0 Å². The third-order valence-corrected chi connectivity index (χ3v) is 3.99. The van der Waals surface area contributed by atoms with Gasteiger partial charge in [0.2, 0.25) is 17.7 Å². The lowest BCUT2D eigenvalue weighted by atomic mass is 10.0. The maximum Gasteiger partial charge on any atom is 0.405 e. The summed E-state index contributed by atoms with van der Waals surface area (Å²) in [6, 6.07) is -1.49. The van der Waals surface area contributed by atoms with Gasteiger partial charge in [0.15, 0.2) is 0 Å². The molecule has 24 heavy (non-hydrogen) atoms. The second-order valence-corrected chi connectivity index (χ2v) is 5.60. The molecule has 0 bridgehead atoms. The van der Waals surface area contributed by atoms with Gasteiger partial charge in [-0.1, -0.05) is 13.0 Å². The van der Waals surface area contributed by atoms with Crippen molar-refractivity contribution in [3.63, 3.8) is 0 Å². The first-order valence-electron chi connectivity index (χ1n) is 7.72. The van der Waals surface area contributed by atoms with Crippen LogP contribution in [0.4, 0.5) is 4.79 Å². The van der Waals surface area contributed by atoms with E-state index in [0.29, 0.717) is 19.4 Å². The fourth-order valence-electron chi connectivity index (χ4n) is 2.57. The predicted molar refractivity (Wildman–Crippen MR) is 86.1 cm³/mol. The van der Waals surface area contributed by atoms with Gasteiger partial charge in [0.05, 0.1) is 0 Å². The molecule has 0 aromatic heterocycles. The number of nitrogens with one attached hydrogen (secondary N) is 3. The lowest BCUT2D eigenvalue weighted by Crippen LogP contribution is -2.55. The topological polar surface area (TPSA) is 128 Å². The molecular weight excluding hydrogens is 316 g/mol. The van der Waals surface area contributed by atoms with E-state index in [0.717, 1.165) is 0 Å². The van der Waals surface area contributed by atoms with E-state index < -0.39 is 30.0 Å². The van der Waals surface area contributed by atoms with E-state index in [9.17, 15) is 19.2 Å². The summed E-state index contributed by atoms with van der Waals surface area (Å²) < 4.78 is 0. The van der Waals surface area contributed by atoms with Crippen molar-refractivity contribution < 1.29 is 24.3 Å². The van der Waals surface area contributed by atoms with Gasteiger partial charge >= 0.3 is 6.09 Å². The monoisotopic (exact) mass is 340 g/mol. The zero-order valence-electron chi connectivity index (χ0n) is 13.9. The average Bonchev–Trinajstić information content (AvgIpc) is 3.05. The van der Waals surface area contributed by atoms with Crippen LogP contribution in [0.25, 0.3) is 0 Å². The van der Waals surface area contributed by atoms with Gasteiger partial charge < -0.3 is 26.0 Å². The smallest absolute Gasteiger partial charge is 0.405 e. The largest absolute Gasteiger partial charge is 0.465 e. The summed E-state index contributed by atoms with van der Waals surface area (Å²) in [5, 5.41) is 15.7. The van der Waals surface area contributed by atoms with E-state index in [2.05, 4.69) is 17.2 Å². The van der Waals surface area contributed by atoms with Crippen molar-refractivity contribution in [3.8, 4) is 0 Å². The van der Waals surface area contributed by atoms with Crippen LogP contribution in [0.1, 0.15) is 19.8 Å². The second kappa shape index (κ2) is 8.90. The van der Waals surface area contributed by atoms with Crippen molar-refractivity contribution in [1.82, 2.24) is 20.9 Å². The molecule has 0 saturated carbocycles. The number of rotatable bonds is 7. The molecule has 1 aliphatic rings. The second-order valence-electron chi connectivity index (χ2n) is 5.60. The Kier molecular flexibility index (Phi) is 7.22. The summed E-state index contributed by atoms with van der Waals surface area (Å²) in [4.78, 5) is 48.3. The quantitative estimate of drug-likeness (QED) is 0.456. The first-order chi connectivity index (χ1) is 11.3. The highest BCUT2D eigenvalue weighted by molar-refractivity contribution is 5.93. The number of carboxylic acid groups (broad SMARTS) is 1. The highest BCUT2D eigenvalue weighted by atomic mass is 16.4. The minimum atomic E-state index is -1.30. The number of carbonyl (C=O) groups excluding carboxylic acids is 3. The molecule has 0 aromatic rings. The number of hydrogen-bond donors (Lipinski definition) is 4. The van der Waals surface area contributed by atoms with Crippen LogP contribution in [-0.4, -0.2) is 66.0 Å². The fraction of sp³-hybridized carbons (Fsp3) is 0.600. The van der Waals surface area contributed by atoms with E-state index in [4.69, 9.17) is 5.11 Å². The lowest BCUT2D eigenvalue weighted by Gasteiger charge is -2.27.